The second-order valence-electron chi connectivity index (χ2n) is 4.30. The number of nitrogens with one attached hydrogen (secondary N) is 1. The Morgan fingerprint density at radius 2 is 1.71 bits per heavy atom. The van der Waals surface area contributed by atoms with Gasteiger partial charge in [-0.3, -0.25) is 4.79 Å². The maximum Gasteiger partial charge on any atom is 0.265 e. The van der Waals surface area contributed by atoms with E-state index in [0.29, 0.717) is 21.5 Å². The molecule has 0 saturated heterocycles. The fourth-order valence-electron chi connectivity index (χ4n) is 1.61. The van der Waals surface area contributed by atoms with E-state index in [0.717, 1.165) is 3.57 Å². The van der Waals surface area contributed by atoms with Gasteiger partial charge in [-0.25, -0.2) is 0 Å². The molecule has 6 heteroatoms. The second-order valence-corrected chi connectivity index (χ2v) is 6.36. The molecule has 0 saturated carbocycles. The molecule has 2 rings (SSSR count). The maximum atomic E-state index is 12.1. The third kappa shape index (κ3) is 4.49. The largest absolute Gasteiger partial charge is 0.481 e. The minimum absolute atomic E-state index is 0.316. The highest BCUT2D eigenvalue weighted by Gasteiger charge is 2.17. The molecule has 1 atom stereocenters. The van der Waals surface area contributed by atoms with Crippen LogP contribution in [-0.2, 0) is 4.79 Å². The van der Waals surface area contributed by atoms with Crippen molar-refractivity contribution in [3.63, 3.8) is 0 Å². The van der Waals surface area contributed by atoms with Crippen molar-refractivity contribution < 1.29 is 9.53 Å². The molecule has 0 radical (unpaired) electrons. The van der Waals surface area contributed by atoms with Gasteiger partial charge in [0.05, 0.1) is 15.7 Å². The van der Waals surface area contributed by atoms with Crippen LogP contribution in [-0.4, -0.2) is 12.0 Å². The molecule has 0 aliphatic rings. The molecule has 0 unspecified atom stereocenters. The van der Waals surface area contributed by atoms with Crippen molar-refractivity contribution in [3.05, 3.63) is 56.1 Å². The Labute approximate surface area is 146 Å². The lowest BCUT2D eigenvalue weighted by Gasteiger charge is -2.16. The molecule has 0 aromatic heterocycles. The highest BCUT2D eigenvalue weighted by molar-refractivity contribution is 14.1. The Balaban J connectivity index is 2.04. The van der Waals surface area contributed by atoms with Crippen LogP contribution >= 0.6 is 45.8 Å². The van der Waals surface area contributed by atoms with Crippen molar-refractivity contribution in [1.29, 1.82) is 0 Å². The van der Waals surface area contributed by atoms with Gasteiger partial charge >= 0.3 is 0 Å². The van der Waals surface area contributed by atoms with Crippen molar-refractivity contribution in [2.75, 3.05) is 5.32 Å². The fourth-order valence-corrected chi connectivity index (χ4v) is 2.46. The van der Waals surface area contributed by atoms with Gasteiger partial charge in [0.1, 0.15) is 5.75 Å². The van der Waals surface area contributed by atoms with Crippen LogP contribution in [0.4, 0.5) is 5.69 Å². The predicted molar refractivity (Wildman–Crippen MR) is 94.3 cm³/mol. The van der Waals surface area contributed by atoms with Gasteiger partial charge in [-0.05, 0) is 65.9 Å². The molecule has 1 N–H and O–H groups in total. The third-order valence-electron chi connectivity index (χ3n) is 2.71. The molecule has 0 heterocycles. The van der Waals surface area contributed by atoms with Crippen molar-refractivity contribution in [1.82, 2.24) is 0 Å². The number of rotatable bonds is 4. The van der Waals surface area contributed by atoms with E-state index in [1.165, 1.54) is 0 Å². The summed E-state index contributed by atoms with van der Waals surface area (Å²) in [5.41, 5.74) is 0.392. The second kappa shape index (κ2) is 7.33. The summed E-state index contributed by atoms with van der Waals surface area (Å²) in [7, 11) is 0. The van der Waals surface area contributed by atoms with Gasteiger partial charge in [0, 0.05) is 3.57 Å². The van der Waals surface area contributed by atoms with E-state index in [9.17, 15) is 4.79 Å². The van der Waals surface area contributed by atoms with Gasteiger partial charge < -0.3 is 10.1 Å². The third-order valence-corrected chi connectivity index (χ3v) is 4.06. The maximum absolute atomic E-state index is 12.1. The zero-order chi connectivity index (χ0) is 15.4. The van der Waals surface area contributed by atoms with Gasteiger partial charge in [-0.1, -0.05) is 29.3 Å². The van der Waals surface area contributed by atoms with E-state index in [4.69, 9.17) is 27.9 Å². The van der Waals surface area contributed by atoms with E-state index >= 15 is 0 Å². The van der Waals surface area contributed by atoms with Crippen LogP contribution in [0.15, 0.2) is 42.5 Å². The summed E-state index contributed by atoms with van der Waals surface area (Å²) >= 11 is 14.2. The average Bonchev–Trinajstić information content (AvgIpc) is 2.45. The van der Waals surface area contributed by atoms with Gasteiger partial charge in [0.25, 0.3) is 5.91 Å². The monoisotopic (exact) mass is 435 g/mol. The first-order valence-electron chi connectivity index (χ1n) is 6.14. The molecular weight excluding hydrogens is 424 g/mol. The Morgan fingerprint density at radius 1 is 1.14 bits per heavy atom. The zero-order valence-corrected chi connectivity index (χ0v) is 14.7. The lowest BCUT2D eigenvalue weighted by atomic mass is 10.3. The van der Waals surface area contributed by atoms with Gasteiger partial charge in [-0.2, -0.15) is 0 Å². The van der Waals surface area contributed by atoms with E-state index in [-0.39, 0.29) is 5.91 Å². The van der Waals surface area contributed by atoms with Crippen LogP contribution in [0.2, 0.25) is 10.0 Å². The van der Waals surface area contributed by atoms with Crippen LogP contribution in [0.5, 0.6) is 5.75 Å². The van der Waals surface area contributed by atoms with E-state index < -0.39 is 6.10 Å². The number of ether oxygens (including phenoxy) is 1. The standard InChI is InChI=1S/C15H12Cl2INO2/c1-9(21-11-7-5-10(18)6-8-11)15(20)19-14-12(16)3-2-4-13(14)17/h2-9H,1H3,(H,19,20)/t9-/m1/s1. The smallest absolute Gasteiger partial charge is 0.265 e. The zero-order valence-electron chi connectivity index (χ0n) is 11.1. The number of carbonyl (C=O) groups excluding carboxylic acids is 1. The molecule has 2 aromatic carbocycles. The van der Waals surface area contributed by atoms with Crippen molar-refractivity contribution in [2.45, 2.75) is 13.0 Å². The highest BCUT2D eigenvalue weighted by atomic mass is 127. The molecular formula is C15H12Cl2INO2. The number of amides is 1. The predicted octanol–water partition coefficient (Wildman–Crippen LogP) is 5.00. The Morgan fingerprint density at radius 3 is 2.29 bits per heavy atom. The van der Waals surface area contributed by atoms with Crippen molar-refractivity contribution in [2.24, 2.45) is 0 Å². The molecule has 0 fully saturated rings. The minimum atomic E-state index is -0.669. The summed E-state index contributed by atoms with van der Waals surface area (Å²) in [5.74, 6) is 0.312. The molecule has 110 valence electrons. The lowest BCUT2D eigenvalue weighted by molar-refractivity contribution is -0.122. The van der Waals surface area contributed by atoms with Gasteiger partial charge in [0.15, 0.2) is 6.10 Å². The summed E-state index contributed by atoms with van der Waals surface area (Å²) in [4.78, 5) is 12.1. The number of hydrogen-bond donors (Lipinski definition) is 1. The summed E-state index contributed by atoms with van der Waals surface area (Å²) in [5, 5.41) is 3.45. The van der Waals surface area contributed by atoms with Crippen LogP contribution in [0.25, 0.3) is 0 Å². The van der Waals surface area contributed by atoms with E-state index in [2.05, 4.69) is 27.9 Å². The number of anilines is 1. The Hall–Kier alpha value is -0.980. The molecule has 0 spiro atoms. The Kier molecular flexibility index (Phi) is 5.72. The summed E-state index contributed by atoms with van der Waals surface area (Å²) in [6.07, 6.45) is -0.669. The normalized spacial score (nSPS) is 11.8. The van der Waals surface area contributed by atoms with Crippen LogP contribution < -0.4 is 10.1 Å². The molecule has 0 bridgehead atoms. The average molecular weight is 436 g/mol. The lowest BCUT2D eigenvalue weighted by Crippen LogP contribution is -2.30. The quantitative estimate of drug-likeness (QED) is 0.686. The topological polar surface area (TPSA) is 38.3 Å². The summed E-state index contributed by atoms with van der Waals surface area (Å²) in [6, 6.07) is 12.5. The Bertz CT molecular complexity index is 626. The van der Waals surface area contributed by atoms with Crippen LogP contribution in [0.1, 0.15) is 6.92 Å². The van der Waals surface area contributed by atoms with Gasteiger partial charge in [-0.15, -0.1) is 0 Å². The number of para-hydroxylation sites is 1. The number of carbonyl (C=O) groups is 1. The summed E-state index contributed by atoms with van der Waals surface area (Å²) in [6.45, 7) is 1.66. The van der Waals surface area contributed by atoms with E-state index in [1.807, 2.05) is 24.3 Å². The number of benzene rings is 2. The summed E-state index contributed by atoms with van der Waals surface area (Å²) < 4.78 is 6.68. The van der Waals surface area contributed by atoms with Crippen LogP contribution in [0.3, 0.4) is 0 Å². The molecule has 3 nitrogen and oxygen atoms in total. The SMILES string of the molecule is C[C@@H](Oc1ccc(I)cc1)C(=O)Nc1c(Cl)cccc1Cl. The fraction of sp³-hybridized carbons (Fsp3) is 0.133. The first-order valence-corrected chi connectivity index (χ1v) is 7.98. The highest BCUT2D eigenvalue weighted by Crippen LogP contribution is 2.30. The van der Waals surface area contributed by atoms with E-state index in [1.54, 1.807) is 25.1 Å². The first kappa shape index (κ1) is 16.4. The van der Waals surface area contributed by atoms with Crippen LogP contribution in [0, 0.1) is 3.57 Å². The molecule has 1 amide bonds. The molecule has 21 heavy (non-hydrogen) atoms. The minimum Gasteiger partial charge on any atom is -0.481 e. The number of halogens is 3. The first-order chi connectivity index (χ1) is 9.97. The molecule has 2 aromatic rings. The van der Waals surface area contributed by atoms with Gasteiger partial charge in [0.2, 0.25) is 0 Å². The molecule has 0 aliphatic heterocycles. The number of hydrogen-bond acceptors (Lipinski definition) is 2. The van der Waals surface area contributed by atoms with Crippen molar-refractivity contribution in [3.8, 4) is 5.75 Å². The van der Waals surface area contributed by atoms with Crippen molar-refractivity contribution >= 4 is 57.4 Å². The molecule has 0 aliphatic carbocycles.